The lowest BCUT2D eigenvalue weighted by Crippen LogP contribution is -2.13. The first-order valence-electron chi connectivity index (χ1n) is 6.33. The lowest BCUT2D eigenvalue weighted by molar-refractivity contribution is -0.384. The number of nitrogens with zero attached hydrogens (tertiary/aromatic N) is 2. The van der Waals surface area contributed by atoms with Crippen molar-refractivity contribution in [3.63, 3.8) is 0 Å². The number of hydrogen-bond acceptors (Lipinski definition) is 8. The van der Waals surface area contributed by atoms with Gasteiger partial charge in [0.05, 0.1) is 38.0 Å². The van der Waals surface area contributed by atoms with Crippen molar-refractivity contribution in [2.45, 2.75) is 0 Å². The smallest absolute Gasteiger partial charge is 0.311 e. The second-order valence-corrected chi connectivity index (χ2v) is 3.88. The Morgan fingerprint density at radius 2 is 1.76 bits per heavy atom. The molecule has 0 fully saturated rings. The average Bonchev–Trinajstić information content (AvgIpc) is 2.45. The molecule has 0 bridgehead atoms. The van der Waals surface area contributed by atoms with Crippen LogP contribution >= 0.6 is 0 Å². The van der Waals surface area contributed by atoms with Gasteiger partial charge in [-0.3, -0.25) is 10.1 Å². The predicted molar refractivity (Wildman–Crippen MR) is 74.3 cm³/mol. The van der Waals surface area contributed by atoms with Crippen LogP contribution in [0.4, 0.5) is 11.5 Å². The molecule has 0 aliphatic rings. The number of nitrogen functional groups attached to an aromatic ring is 1. The topological polar surface area (TPSA) is 119 Å². The van der Waals surface area contributed by atoms with Crippen molar-refractivity contribution in [1.29, 1.82) is 0 Å². The number of anilines is 1. The summed E-state index contributed by atoms with van der Waals surface area (Å²) in [6, 6.07) is 2.64. The van der Waals surface area contributed by atoms with Crippen LogP contribution in [0.5, 0.6) is 5.88 Å². The van der Waals surface area contributed by atoms with Crippen LogP contribution in [0.25, 0.3) is 0 Å². The van der Waals surface area contributed by atoms with Crippen LogP contribution in [-0.2, 0) is 14.2 Å². The lowest BCUT2D eigenvalue weighted by Gasteiger charge is -2.07. The monoisotopic (exact) mass is 301 g/mol. The molecule has 0 aliphatic carbocycles. The van der Waals surface area contributed by atoms with Gasteiger partial charge in [0.1, 0.15) is 6.61 Å². The van der Waals surface area contributed by atoms with Crippen molar-refractivity contribution in [3.8, 4) is 5.88 Å². The van der Waals surface area contributed by atoms with Crippen LogP contribution in [0.1, 0.15) is 0 Å². The third-order valence-electron chi connectivity index (χ3n) is 2.35. The summed E-state index contributed by atoms with van der Waals surface area (Å²) in [7, 11) is 1.61. The zero-order valence-corrected chi connectivity index (χ0v) is 11.8. The Kier molecular flexibility index (Phi) is 8.02. The third kappa shape index (κ3) is 6.84. The average molecular weight is 301 g/mol. The molecule has 0 radical (unpaired) electrons. The molecule has 21 heavy (non-hydrogen) atoms. The largest absolute Gasteiger partial charge is 0.475 e. The zero-order chi connectivity index (χ0) is 15.5. The first kappa shape index (κ1) is 17.1. The molecule has 0 unspecified atom stereocenters. The second-order valence-electron chi connectivity index (χ2n) is 3.88. The lowest BCUT2D eigenvalue weighted by atomic mass is 10.4. The normalized spacial score (nSPS) is 10.5. The summed E-state index contributed by atoms with van der Waals surface area (Å²) in [5.41, 5.74) is 5.20. The molecule has 118 valence electrons. The molecule has 0 saturated heterocycles. The molecule has 1 rings (SSSR count). The number of rotatable bonds is 11. The van der Waals surface area contributed by atoms with Crippen LogP contribution in [0, 0.1) is 10.1 Å². The standard InChI is InChI=1S/C12H19N3O6/c1-18-4-5-19-6-7-20-8-9-21-11-3-2-10(15(16)17)12(13)14-11/h2-3H,4-9H2,1H3,(H2,13,14). The molecule has 0 saturated carbocycles. The Morgan fingerprint density at radius 1 is 1.14 bits per heavy atom. The predicted octanol–water partition coefficient (Wildman–Crippen LogP) is 0.630. The summed E-state index contributed by atoms with van der Waals surface area (Å²) in [6.07, 6.45) is 0. The molecule has 0 aliphatic heterocycles. The number of hydrogen-bond donors (Lipinski definition) is 1. The van der Waals surface area contributed by atoms with Crippen molar-refractivity contribution in [2.24, 2.45) is 0 Å². The van der Waals surface area contributed by atoms with Gasteiger partial charge in [0, 0.05) is 19.2 Å². The molecule has 0 atom stereocenters. The van der Waals surface area contributed by atoms with Gasteiger partial charge in [-0.2, -0.15) is 4.98 Å². The Labute approximate surface area is 122 Å². The summed E-state index contributed by atoms with van der Waals surface area (Å²) < 4.78 is 20.6. The van der Waals surface area contributed by atoms with Gasteiger partial charge in [0.25, 0.3) is 0 Å². The van der Waals surface area contributed by atoms with Gasteiger partial charge in [-0.05, 0) is 0 Å². The number of aromatic nitrogens is 1. The van der Waals surface area contributed by atoms with Crippen LogP contribution in [-0.4, -0.2) is 56.7 Å². The van der Waals surface area contributed by atoms with E-state index in [1.807, 2.05) is 0 Å². The van der Waals surface area contributed by atoms with E-state index in [-0.39, 0.29) is 24.0 Å². The molecule has 1 aromatic rings. The minimum Gasteiger partial charge on any atom is -0.475 e. The third-order valence-corrected chi connectivity index (χ3v) is 2.35. The minimum absolute atomic E-state index is 0.176. The zero-order valence-electron chi connectivity index (χ0n) is 11.8. The number of nitro groups is 1. The maximum Gasteiger partial charge on any atom is 0.311 e. The van der Waals surface area contributed by atoms with E-state index >= 15 is 0 Å². The summed E-state index contributed by atoms with van der Waals surface area (Å²) >= 11 is 0. The fraction of sp³-hybridized carbons (Fsp3) is 0.583. The SMILES string of the molecule is COCCOCCOCCOc1ccc([N+](=O)[O-])c(N)n1. The quantitative estimate of drug-likeness (QED) is 0.359. The summed E-state index contributed by atoms with van der Waals surface area (Å²) in [4.78, 5) is 13.7. The molecule has 9 heteroatoms. The Balaban J connectivity index is 2.13. The number of methoxy groups -OCH3 is 1. The van der Waals surface area contributed by atoms with Crippen molar-refractivity contribution >= 4 is 11.5 Å². The fourth-order valence-electron chi connectivity index (χ4n) is 1.35. The van der Waals surface area contributed by atoms with Crippen molar-refractivity contribution < 1.29 is 23.9 Å². The number of nitrogens with two attached hydrogens (primary N) is 1. The van der Waals surface area contributed by atoms with E-state index in [2.05, 4.69) is 4.98 Å². The van der Waals surface area contributed by atoms with E-state index in [0.717, 1.165) is 0 Å². The maximum atomic E-state index is 10.6. The van der Waals surface area contributed by atoms with Crippen LogP contribution in [0.15, 0.2) is 12.1 Å². The molecular formula is C12H19N3O6. The second kappa shape index (κ2) is 9.86. The molecule has 9 nitrogen and oxygen atoms in total. The molecule has 1 heterocycles. The molecular weight excluding hydrogens is 282 g/mol. The first-order chi connectivity index (χ1) is 10.1. The number of pyridine rings is 1. The van der Waals surface area contributed by atoms with Gasteiger partial charge in [0.15, 0.2) is 0 Å². The highest BCUT2D eigenvalue weighted by atomic mass is 16.6. The van der Waals surface area contributed by atoms with Crippen molar-refractivity contribution in [2.75, 3.05) is 52.5 Å². The van der Waals surface area contributed by atoms with Gasteiger partial charge >= 0.3 is 5.69 Å². The van der Waals surface area contributed by atoms with E-state index in [1.54, 1.807) is 7.11 Å². The molecule has 2 N–H and O–H groups in total. The Bertz CT molecular complexity index is 443. The van der Waals surface area contributed by atoms with E-state index in [9.17, 15) is 10.1 Å². The Morgan fingerprint density at radius 3 is 2.33 bits per heavy atom. The van der Waals surface area contributed by atoms with Crippen LogP contribution < -0.4 is 10.5 Å². The molecule has 0 amide bonds. The maximum absolute atomic E-state index is 10.6. The highest BCUT2D eigenvalue weighted by molar-refractivity contribution is 5.53. The fourth-order valence-corrected chi connectivity index (χ4v) is 1.35. The highest BCUT2D eigenvalue weighted by Gasteiger charge is 2.13. The molecule has 1 aromatic heterocycles. The van der Waals surface area contributed by atoms with E-state index in [4.69, 9.17) is 24.7 Å². The molecule has 0 aromatic carbocycles. The number of ether oxygens (including phenoxy) is 4. The molecule has 0 spiro atoms. The van der Waals surface area contributed by atoms with Gasteiger partial charge in [0.2, 0.25) is 11.7 Å². The van der Waals surface area contributed by atoms with E-state index < -0.39 is 4.92 Å². The van der Waals surface area contributed by atoms with Crippen LogP contribution in [0.2, 0.25) is 0 Å². The highest BCUT2D eigenvalue weighted by Crippen LogP contribution is 2.21. The summed E-state index contributed by atoms with van der Waals surface area (Å²) in [5.74, 6) is 0.0445. The van der Waals surface area contributed by atoms with Gasteiger partial charge in [-0.15, -0.1) is 0 Å². The van der Waals surface area contributed by atoms with Crippen LogP contribution in [0.3, 0.4) is 0 Å². The summed E-state index contributed by atoms with van der Waals surface area (Å²) in [5, 5.41) is 10.6. The van der Waals surface area contributed by atoms with Gasteiger partial charge in [-0.1, -0.05) is 0 Å². The van der Waals surface area contributed by atoms with E-state index in [0.29, 0.717) is 33.0 Å². The van der Waals surface area contributed by atoms with Gasteiger partial charge < -0.3 is 24.7 Å². The Hall–Kier alpha value is -1.97. The van der Waals surface area contributed by atoms with Crippen molar-refractivity contribution in [1.82, 2.24) is 4.98 Å². The van der Waals surface area contributed by atoms with Crippen molar-refractivity contribution in [3.05, 3.63) is 22.2 Å². The summed E-state index contributed by atoms with van der Waals surface area (Å²) in [6.45, 7) is 2.63. The first-order valence-corrected chi connectivity index (χ1v) is 6.33. The van der Waals surface area contributed by atoms with Gasteiger partial charge in [-0.25, -0.2) is 0 Å². The minimum atomic E-state index is -0.598. The van der Waals surface area contributed by atoms with E-state index in [1.165, 1.54) is 12.1 Å².